The molecule has 0 aliphatic carbocycles. The van der Waals surface area contributed by atoms with Gasteiger partial charge >= 0.3 is 0 Å². The average Bonchev–Trinajstić information content (AvgIpc) is 2.65. The van der Waals surface area contributed by atoms with Gasteiger partial charge in [-0.1, -0.05) is 74.6 Å². The van der Waals surface area contributed by atoms with Gasteiger partial charge in [0.25, 0.3) is 0 Å². The van der Waals surface area contributed by atoms with Crippen molar-refractivity contribution in [3.63, 3.8) is 0 Å². The van der Waals surface area contributed by atoms with Crippen LogP contribution in [0.1, 0.15) is 51.5 Å². The summed E-state index contributed by atoms with van der Waals surface area (Å²) in [5.41, 5.74) is 2.55. The van der Waals surface area contributed by atoms with Crippen LogP contribution in [-0.2, 0) is 4.74 Å². The van der Waals surface area contributed by atoms with Crippen LogP contribution >= 0.6 is 0 Å². The fraction of sp³-hybridized carbons (Fsp3) is 0.360. The Kier molecular flexibility index (Phi) is 19.9. The van der Waals surface area contributed by atoms with E-state index >= 15 is 0 Å². The second kappa shape index (κ2) is 20.0. The maximum absolute atomic E-state index is 9.15. The van der Waals surface area contributed by atoms with Crippen LogP contribution in [0.25, 0.3) is 0 Å². The van der Waals surface area contributed by atoms with E-state index in [1.807, 2.05) is 44.2 Å². The highest BCUT2D eigenvalue weighted by Gasteiger charge is 2.04. The van der Waals surface area contributed by atoms with Crippen molar-refractivity contribution in [1.29, 1.82) is 0 Å². The van der Waals surface area contributed by atoms with Crippen molar-refractivity contribution in [3.05, 3.63) is 91.1 Å². The number of allylic oxidation sites excluding steroid dienone is 8. The van der Waals surface area contributed by atoms with E-state index in [0.717, 1.165) is 12.8 Å². The highest BCUT2D eigenvalue weighted by Crippen LogP contribution is 2.23. The smallest absolute Gasteiger partial charge is 0.115 e. The number of benzene rings is 1. The van der Waals surface area contributed by atoms with Gasteiger partial charge in [-0.3, -0.25) is 0 Å². The average molecular weight is 371 g/mol. The van der Waals surface area contributed by atoms with Crippen molar-refractivity contribution in [2.75, 3.05) is 14.2 Å². The first-order chi connectivity index (χ1) is 13.0. The van der Waals surface area contributed by atoms with Crippen LogP contribution in [0.15, 0.2) is 85.5 Å². The first kappa shape index (κ1) is 26.9. The normalized spacial score (nSPS) is 12.0. The quantitative estimate of drug-likeness (QED) is 0.382. The number of phenolic OH excluding ortho intramolecular Hbond substituents is 1. The lowest BCUT2D eigenvalue weighted by Crippen LogP contribution is -1.92. The summed E-state index contributed by atoms with van der Waals surface area (Å²) < 4.78 is 4.25. The minimum Gasteiger partial charge on any atom is -0.508 e. The molecule has 1 atom stereocenters. The van der Waals surface area contributed by atoms with Crippen LogP contribution in [0.3, 0.4) is 0 Å². The van der Waals surface area contributed by atoms with Crippen LogP contribution in [-0.4, -0.2) is 19.3 Å². The SMILES string of the molecule is C=C/C=C(\C=C/C)CCC.C=CC(C/C=C\C)c1ccc(O)cc1.COC. The molecule has 0 fully saturated rings. The molecule has 0 aliphatic heterocycles. The lowest BCUT2D eigenvalue weighted by Gasteiger charge is -2.10. The molecule has 0 heterocycles. The number of phenols is 1. The maximum Gasteiger partial charge on any atom is 0.115 e. The summed E-state index contributed by atoms with van der Waals surface area (Å²) in [5, 5.41) is 9.15. The molecule has 2 nitrogen and oxygen atoms in total. The number of methoxy groups -OCH3 is 1. The molecule has 0 saturated carbocycles. The molecule has 1 rings (SSSR count). The van der Waals surface area contributed by atoms with Gasteiger partial charge in [0, 0.05) is 20.1 Å². The molecule has 150 valence electrons. The van der Waals surface area contributed by atoms with Crippen molar-refractivity contribution >= 4 is 0 Å². The monoisotopic (exact) mass is 370 g/mol. The first-order valence-electron chi connectivity index (χ1n) is 9.41. The second-order valence-corrected chi connectivity index (χ2v) is 5.87. The van der Waals surface area contributed by atoms with Crippen LogP contribution in [0, 0.1) is 0 Å². The van der Waals surface area contributed by atoms with Crippen molar-refractivity contribution in [1.82, 2.24) is 0 Å². The molecular weight excluding hydrogens is 332 g/mol. The van der Waals surface area contributed by atoms with Crippen molar-refractivity contribution in [2.24, 2.45) is 0 Å². The Balaban J connectivity index is 0. The van der Waals surface area contributed by atoms with Crippen LogP contribution in [0.5, 0.6) is 5.75 Å². The summed E-state index contributed by atoms with van der Waals surface area (Å²) in [6, 6.07) is 7.29. The van der Waals surface area contributed by atoms with Gasteiger partial charge < -0.3 is 9.84 Å². The fourth-order valence-corrected chi connectivity index (χ4v) is 2.25. The molecule has 0 saturated heterocycles. The molecule has 0 amide bonds. The van der Waals surface area contributed by atoms with Crippen LogP contribution in [0.4, 0.5) is 0 Å². The van der Waals surface area contributed by atoms with Crippen molar-refractivity contribution < 1.29 is 9.84 Å². The van der Waals surface area contributed by atoms with E-state index in [2.05, 4.69) is 49.1 Å². The predicted octanol–water partition coefficient (Wildman–Crippen LogP) is 7.37. The molecule has 2 heteroatoms. The zero-order chi connectivity index (χ0) is 20.9. The van der Waals surface area contributed by atoms with E-state index in [4.69, 9.17) is 5.11 Å². The Bertz CT molecular complexity index is 562. The van der Waals surface area contributed by atoms with Gasteiger partial charge in [0.2, 0.25) is 0 Å². The van der Waals surface area contributed by atoms with E-state index in [9.17, 15) is 0 Å². The lowest BCUT2D eigenvalue weighted by atomic mass is 9.96. The third-order valence-electron chi connectivity index (χ3n) is 3.48. The Morgan fingerprint density at radius 1 is 1.11 bits per heavy atom. The molecule has 1 aromatic carbocycles. The molecule has 0 radical (unpaired) electrons. The fourth-order valence-electron chi connectivity index (χ4n) is 2.25. The molecule has 0 aliphatic rings. The molecule has 1 unspecified atom stereocenters. The molecule has 27 heavy (non-hydrogen) atoms. The standard InChI is InChI=1S/C13H16O.C10H16.C2H6O/c1-3-5-6-11(4-2)12-7-9-13(14)10-8-12;1-4-7-10(8-5-2)9-6-3;1-3-2/h3-5,7-11,14H,2,6H2,1H3;4-5,7-8H,1,6,9H2,2-3H3;1-2H3/b5-3-;8-5-,10-7+;. The van der Waals surface area contributed by atoms with Gasteiger partial charge in [-0.2, -0.15) is 0 Å². The number of aromatic hydroxyl groups is 1. The van der Waals surface area contributed by atoms with Gasteiger partial charge in [0.15, 0.2) is 0 Å². The Morgan fingerprint density at radius 2 is 1.70 bits per heavy atom. The van der Waals surface area contributed by atoms with Gasteiger partial charge in [-0.25, -0.2) is 0 Å². The zero-order valence-electron chi connectivity index (χ0n) is 17.8. The zero-order valence-corrected chi connectivity index (χ0v) is 17.8. The van der Waals surface area contributed by atoms with E-state index in [1.54, 1.807) is 26.4 Å². The van der Waals surface area contributed by atoms with Gasteiger partial charge in [0.05, 0.1) is 0 Å². The summed E-state index contributed by atoms with van der Waals surface area (Å²) >= 11 is 0. The topological polar surface area (TPSA) is 29.5 Å². The first-order valence-corrected chi connectivity index (χ1v) is 9.41. The summed E-state index contributed by atoms with van der Waals surface area (Å²) in [6.07, 6.45) is 17.5. The number of rotatable bonds is 8. The van der Waals surface area contributed by atoms with Gasteiger partial charge in [0.1, 0.15) is 5.75 Å². The summed E-state index contributed by atoms with van der Waals surface area (Å²) in [4.78, 5) is 0. The predicted molar refractivity (Wildman–Crippen MR) is 121 cm³/mol. The molecule has 0 aromatic heterocycles. The van der Waals surface area contributed by atoms with Crippen LogP contribution < -0.4 is 0 Å². The van der Waals surface area contributed by atoms with E-state index in [-0.39, 0.29) is 0 Å². The van der Waals surface area contributed by atoms with Crippen molar-refractivity contribution in [3.8, 4) is 5.75 Å². The second-order valence-electron chi connectivity index (χ2n) is 5.87. The Morgan fingerprint density at radius 3 is 2.11 bits per heavy atom. The minimum absolute atomic E-state index is 0.308. The Labute approximate surface area is 167 Å². The molecule has 0 spiro atoms. The lowest BCUT2D eigenvalue weighted by molar-refractivity contribution is 0.277. The molecule has 1 aromatic rings. The third-order valence-corrected chi connectivity index (χ3v) is 3.48. The minimum atomic E-state index is 0.308. The third kappa shape index (κ3) is 15.6. The number of ether oxygens (including phenoxy) is 1. The van der Waals surface area contributed by atoms with Crippen LogP contribution in [0.2, 0.25) is 0 Å². The van der Waals surface area contributed by atoms with E-state index < -0.39 is 0 Å². The van der Waals surface area contributed by atoms with E-state index in [1.165, 1.54) is 17.6 Å². The summed E-state index contributed by atoms with van der Waals surface area (Å²) in [6.45, 7) is 13.7. The summed E-state index contributed by atoms with van der Waals surface area (Å²) in [7, 11) is 3.25. The number of hydrogen-bond acceptors (Lipinski definition) is 2. The highest BCUT2D eigenvalue weighted by atomic mass is 16.4. The highest BCUT2D eigenvalue weighted by molar-refractivity contribution is 5.30. The molecular formula is C25H38O2. The maximum atomic E-state index is 9.15. The molecule has 1 N–H and O–H groups in total. The molecule has 0 bridgehead atoms. The van der Waals surface area contributed by atoms with Crippen molar-refractivity contribution in [2.45, 2.75) is 46.0 Å². The number of hydrogen-bond donors (Lipinski definition) is 1. The van der Waals surface area contributed by atoms with E-state index in [0.29, 0.717) is 11.7 Å². The largest absolute Gasteiger partial charge is 0.508 e. The van der Waals surface area contributed by atoms with Gasteiger partial charge in [-0.05, 0) is 50.0 Å². The summed E-state index contributed by atoms with van der Waals surface area (Å²) in [5.74, 6) is 0.648. The van der Waals surface area contributed by atoms with Gasteiger partial charge in [-0.15, -0.1) is 6.58 Å². The Hall–Kier alpha value is -2.32.